The molecule has 11 heavy (non-hydrogen) atoms. The summed E-state index contributed by atoms with van der Waals surface area (Å²) in [5.41, 5.74) is 1.17. The maximum atomic E-state index is 4.33. The van der Waals surface area contributed by atoms with Gasteiger partial charge in [0.05, 0.1) is 0 Å². The summed E-state index contributed by atoms with van der Waals surface area (Å²) in [7, 11) is 0. The van der Waals surface area contributed by atoms with Gasteiger partial charge in [-0.1, -0.05) is 19.9 Å². The number of hydrogen-bond acceptors (Lipinski definition) is 2. The van der Waals surface area contributed by atoms with E-state index in [4.69, 9.17) is 0 Å². The molecule has 1 heterocycles. The summed E-state index contributed by atoms with van der Waals surface area (Å²) in [6.45, 7) is 8.22. The lowest BCUT2D eigenvalue weighted by atomic mass is 9.88. The molecule has 0 aromatic carbocycles. The van der Waals surface area contributed by atoms with Gasteiger partial charge < -0.3 is 0 Å². The molecule has 1 rings (SSSR count). The molecule has 0 fully saturated rings. The summed E-state index contributed by atoms with van der Waals surface area (Å²) in [6.07, 6.45) is 3.90. The van der Waals surface area contributed by atoms with Gasteiger partial charge in [0.2, 0.25) is 0 Å². The van der Waals surface area contributed by atoms with Crippen LogP contribution in [0, 0.1) is 5.41 Å². The highest BCUT2D eigenvalue weighted by Crippen LogP contribution is 2.21. The Labute approximate surface area is 67.8 Å². The van der Waals surface area contributed by atoms with Crippen LogP contribution >= 0.6 is 0 Å². The molecule has 60 valence electrons. The van der Waals surface area contributed by atoms with Crippen molar-refractivity contribution < 1.29 is 0 Å². The van der Waals surface area contributed by atoms with E-state index in [0.717, 1.165) is 11.5 Å². The van der Waals surface area contributed by atoms with Crippen molar-refractivity contribution in [2.45, 2.75) is 27.7 Å². The number of hydrogen-bond donors (Lipinski definition) is 0. The highest BCUT2D eigenvalue weighted by molar-refractivity contribution is 6.00. The van der Waals surface area contributed by atoms with Crippen LogP contribution in [-0.2, 0) is 0 Å². The predicted molar refractivity (Wildman–Crippen MR) is 49.1 cm³/mol. The van der Waals surface area contributed by atoms with Crippen molar-refractivity contribution in [1.29, 1.82) is 0 Å². The molecule has 0 N–H and O–H groups in total. The minimum Gasteiger partial charge on any atom is -0.242 e. The molecule has 0 bridgehead atoms. The van der Waals surface area contributed by atoms with E-state index in [1.165, 1.54) is 0 Å². The van der Waals surface area contributed by atoms with Crippen molar-refractivity contribution in [1.82, 2.24) is 0 Å². The lowest BCUT2D eigenvalue weighted by Gasteiger charge is -2.17. The van der Waals surface area contributed by atoms with E-state index >= 15 is 0 Å². The lowest BCUT2D eigenvalue weighted by molar-refractivity contribution is 0.673. The first-order valence-corrected chi connectivity index (χ1v) is 3.80. The first-order valence-electron chi connectivity index (χ1n) is 3.80. The summed E-state index contributed by atoms with van der Waals surface area (Å²) >= 11 is 0. The van der Waals surface area contributed by atoms with Crippen molar-refractivity contribution in [2.75, 3.05) is 0 Å². The van der Waals surface area contributed by atoms with Crippen molar-refractivity contribution in [3.05, 3.63) is 12.3 Å². The van der Waals surface area contributed by atoms with Crippen LogP contribution in [0.4, 0.5) is 0 Å². The Bertz CT molecular complexity index is 244. The minimum absolute atomic E-state index is 0.0568. The van der Waals surface area contributed by atoms with Crippen LogP contribution in [0.3, 0.4) is 0 Å². The first-order chi connectivity index (χ1) is 5.02. The molecule has 1 aliphatic heterocycles. The molecular weight excluding hydrogens is 136 g/mol. The predicted octanol–water partition coefficient (Wildman–Crippen LogP) is 2.42. The van der Waals surface area contributed by atoms with E-state index in [1.54, 1.807) is 0 Å². The van der Waals surface area contributed by atoms with Gasteiger partial charge in [-0.25, -0.2) is 9.98 Å². The fraction of sp³-hybridized carbons (Fsp3) is 0.556. The van der Waals surface area contributed by atoms with Gasteiger partial charge in [-0.3, -0.25) is 0 Å². The van der Waals surface area contributed by atoms with Crippen LogP contribution in [0.5, 0.6) is 0 Å². The second-order valence-corrected chi connectivity index (χ2v) is 3.41. The van der Waals surface area contributed by atoms with Crippen LogP contribution in [0.2, 0.25) is 0 Å². The topological polar surface area (TPSA) is 24.7 Å². The first kappa shape index (κ1) is 8.18. The van der Waals surface area contributed by atoms with Gasteiger partial charge >= 0.3 is 0 Å². The third kappa shape index (κ3) is 1.76. The molecule has 0 atom stereocenters. The van der Waals surface area contributed by atoms with Crippen LogP contribution in [0.1, 0.15) is 27.7 Å². The largest absolute Gasteiger partial charge is 0.242 e. The Hall–Kier alpha value is -0.920. The molecule has 0 saturated heterocycles. The number of rotatable bonds is 0. The summed E-state index contributed by atoms with van der Waals surface area (Å²) in [5.74, 6) is 0.837. The smallest absolute Gasteiger partial charge is 0.125 e. The zero-order chi connectivity index (χ0) is 8.48. The van der Waals surface area contributed by atoms with E-state index in [0.29, 0.717) is 0 Å². The minimum atomic E-state index is 0.0568. The van der Waals surface area contributed by atoms with Gasteiger partial charge in [0.1, 0.15) is 5.84 Å². The molecule has 0 aliphatic carbocycles. The monoisotopic (exact) mass is 150 g/mol. The van der Waals surface area contributed by atoms with Gasteiger partial charge in [0.15, 0.2) is 0 Å². The van der Waals surface area contributed by atoms with Crippen LogP contribution in [0.25, 0.3) is 0 Å². The standard InChI is InChI=1S/C9H14N2/c1-7-9(3,4)5-6-10-8(2)11-7/h5-6H,1-4H3. The fourth-order valence-corrected chi connectivity index (χ4v) is 0.868. The quantitative estimate of drug-likeness (QED) is 0.506. The Morgan fingerprint density at radius 2 is 1.91 bits per heavy atom. The van der Waals surface area contributed by atoms with Crippen LogP contribution in [-0.4, -0.2) is 11.5 Å². The maximum Gasteiger partial charge on any atom is 0.125 e. The van der Waals surface area contributed by atoms with E-state index < -0.39 is 0 Å². The van der Waals surface area contributed by atoms with Gasteiger partial charge in [0.25, 0.3) is 0 Å². The molecule has 0 amide bonds. The van der Waals surface area contributed by atoms with E-state index in [-0.39, 0.29) is 5.41 Å². The van der Waals surface area contributed by atoms with Gasteiger partial charge in [-0.05, 0) is 13.8 Å². The van der Waals surface area contributed by atoms with Crippen molar-refractivity contribution >= 4 is 11.5 Å². The zero-order valence-electron chi connectivity index (χ0n) is 7.55. The summed E-state index contributed by atoms with van der Waals surface area (Å²) in [6, 6.07) is 0. The molecule has 1 aliphatic rings. The summed E-state index contributed by atoms with van der Waals surface area (Å²) in [5, 5.41) is 0. The molecule has 0 spiro atoms. The third-order valence-electron chi connectivity index (χ3n) is 2.01. The Kier molecular flexibility index (Phi) is 1.94. The SMILES string of the molecule is CC1=NC=CC(C)(C)C(C)=N1. The number of aliphatic imine (C=N–C) groups is 2. The average molecular weight is 150 g/mol. The Balaban J connectivity index is 3.05. The molecule has 0 aromatic rings. The average Bonchev–Trinajstić information content (AvgIpc) is 1.94. The molecule has 2 heteroatoms. The Morgan fingerprint density at radius 1 is 1.27 bits per heavy atom. The number of nitrogens with zero attached hydrogens (tertiary/aromatic N) is 2. The van der Waals surface area contributed by atoms with Crippen molar-refractivity contribution in [2.24, 2.45) is 15.4 Å². The Morgan fingerprint density at radius 3 is 2.55 bits per heavy atom. The fourth-order valence-electron chi connectivity index (χ4n) is 0.868. The van der Waals surface area contributed by atoms with Crippen molar-refractivity contribution in [3.8, 4) is 0 Å². The lowest BCUT2D eigenvalue weighted by Crippen LogP contribution is -2.18. The zero-order valence-corrected chi connectivity index (χ0v) is 7.55. The van der Waals surface area contributed by atoms with Crippen LogP contribution < -0.4 is 0 Å². The van der Waals surface area contributed by atoms with Gasteiger partial charge in [0, 0.05) is 17.3 Å². The number of allylic oxidation sites excluding steroid dienone is 1. The van der Waals surface area contributed by atoms with E-state index in [9.17, 15) is 0 Å². The molecule has 0 unspecified atom stereocenters. The number of amidine groups is 1. The normalized spacial score (nSPS) is 22.2. The van der Waals surface area contributed by atoms with Crippen LogP contribution in [0.15, 0.2) is 22.3 Å². The third-order valence-corrected chi connectivity index (χ3v) is 2.01. The maximum absolute atomic E-state index is 4.33. The summed E-state index contributed by atoms with van der Waals surface area (Å²) < 4.78 is 0. The highest BCUT2D eigenvalue weighted by atomic mass is 14.9. The molecule has 0 saturated carbocycles. The molecule has 0 radical (unpaired) electrons. The second-order valence-electron chi connectivity index (χ2n) is 3.41. The van der Waals surface area contributed by atoms with E-state index in [1.807, 2.05) is 20.0 Å². The van der Waals surface area contributed by atoms with Gasteiger partial charge in [-0.2, -0.15) is 0 Å². The summed E-state index contributed by atoms with van der Waals surface area (Å²) in [4.78, 5) is 8.45. The van der Waals surface area contributed by atoms with E-state index in [2.05, 4.69) is 29.9 Å². The molecule has 0 aromatic heterocycles. The van der Waals surface area contributed by atoms with Gasteiger partial charge in [-0.15, -0.1) is 0 Å². The second kappa shape index (κ2) is 2.61. The molecule has 2 nitrogen and oxygen atoms in total. The highest BCUT2D eigenvalue weighted by Gasteiger charge is 2.18. The molecular formula is C9H14N2. The van der Waals surface area contributed by atoms with Crippen molar-refractivity contribution in [3.63, 3.8) is 0 Å².